The molecule has 1 saturated heterocycles. The van der Waals surface area contributed by atoms with Gasteiger partial charge in [0.05, 0.1) is 19.8 Å². The molecule has 88 valence electrons. The Morgan fingerprint density at radius 3 is 3.19 bits per heavy atom. The van der Waals surface area contributed by atoms with Crippen molar-refractivity contribution in [3.8, 4) is 0 Å². The number of nitrogens with one attached hydrogen (secondary N) is 1. The van der Waals surface area contributed by atoms with Gasteiger partial charge in [-0.15, -0.1) is 0 Å². The van der Waals surface area contributed by atoms with Crippen molar-refractivity contribution in [2.75, 3.05) is 19.8 Å². The number of aromatic nitrogens is 3. The highest BCUT2D eigenvalue weighted by atomic mass is 16.7. The van der Waals surface area contributed by atoms with Crippen LogP contribution >= 0.6 is 0 Å². The van der Waals surface area contributed by atoms with Crippen molar-refractivity contribution in [2.45, 2.75) is 31.7 Å². The Labute approximate surface area is 93.9 Å². The fourth-order valence-electron chi connectivity index (χ4n) is 2.19. The molecule has 16 heavy (non-hydrogen) atoms. The summed E-state index contributed by atoms with van der Waals surface area (Å²) in [6.07, 6.45) is 3.65. The summed E-state index contributed by atoms with van der Waals surface area (Å²) >= 11 is 0. The van der Waals surface area contributed by atoms with E-state index in [-0.39, 0.29) is 6.29 Å². The SMILES string of the molecule is c1nc2n(n1)CC(NCC1OCCO1)CC2. The molecular weight excluding hydrogens is 208 g/mol. The molecule has 0 bridgehead atoms. The van der Waals surface area contributed by atoms with Crippen LogP contribution in [0.4, 0.5) is 0 Å². The number of hydrogen-bond acceptors (Lipinski definition) is 5. The third kappa shape index (κ3) is 2.09. The number of rotatable bonds is 3. The molecular formula is C10H16N4O2. The predicted molar refractivity (Wildman–Crippen MR) is 55.8 cm³/mol. The van der Waals surface area contributed by atoms with Gasteiger partial charge in [0.15, 0.2) is 6.29 Å². The lowest BCUT2D eigenvalue weighted by Gasteiger charge is -2.24. The molecule has 3 heterocycles. The summed E-state index contributed by atoms with van der Waals surface area (Å²) in [5.74, 6) is 1.09. The maximum Gasteiger partial charge on any atom is 0.170 e. The maximum absolute atomic E-state index is 5.38. The van der Waals surface area contributed by atoms with Crippen LogP contribution in [0, 0.1) is 0 Å². The third-order valence-electron chi connectivity index (χ3n) is 3.07. The van der Waals surface area contributed by atoms with Crippen molar-refractivity contribution < 1.29 is 9.47 Å². The standard InChI is InChI=1S/C10H16N4O2/c1-2-9-12-7-13-14(9)6-8(1)11-5-10-15-3-4-16-10/h7-8,10-11H,1-6H2. The summed E-state index contributed by atoms with van der Waals surface area (Å²) in [7, 11) is 0. The van der Waals surface area contributed by atoms with E-state index in [0.717, 1.165) is 31.8 Å². The average molecular weight is 224 g/mol. The van der Waals surface area contributed by atoms with Gasteiger partial charge >= 0.3 is 0 Å². The zero-order valence-corrected chi connectivity index (χ0v) is 9.13. The molecule has 1 atom stereocenters. The monoisotopic (exact) mass is 224 g/mol. The molecule has 2 aliphatic heterocycles. The fourth-order valence-corrected chi connectivity index (χ4v) is 2.19. The van der Waals surface area contributed by atoms with Gasteiger partial charge in [-0.05, 0) is 6.42 Å². The van der Waals surface area contributed by atoms with Crippen LogP contribution in [0.5, 0.6) is 0 Å². The van der Waals surface area contributed by atoms with Gasteiger partial charge in [-0.2, -0.15) is 5.10 Å². The van der Waals surface area contributed by atoms with E-state index in [0.29, 0.717) is 19.3 Å². The molecule has 2 aliphatic rings. The minimum absolute atomic E-state index is 0.0721. The van der Waals surface area contributed by atoms with Crippen LogP contribution in [0.25, 0.3) is 0 Å². The number of aryl methyl sites for hydroxylation is 1. The number of ether oxygens (including phenoxy) is 2. The molecule has 1 N–H and O–H groups in total. The Balaban J connectivity index is 1.50. The summed E-state index contributed by atoms with van der Waals surface area (Å²) in [6.45, 7) is 3.07. The lowest BCUT2D eigenvalue weighted by molar-refractivity contribution is -0.0412. The predicted octanol–water partition coefficient (Wildman–Crippen LogP) is -0.445. The summed E-state index contributed by atoms with van der Waals surface area (Å²) in [6, 6.07) is 0.446. The van der Waals surface area contributed by atoms with Gasteiger partial charge in [-0.25, -0.2) is 9.67 Å². The zero-order chi connectivity index (χ0) is 10.8. The fraction of sp³-hybridized carbons (Fsp3) is 0.800. The maximum atomic E-state index is 5.38. The molecule has 0 spiro atoms. The highest BCUT2D eigenvalue weighted by Gasteiger charge is 2.22. The molecule has 1 unspecified atom stereocenters. The summed E-state index contributed by atoms with van der Waals surface area (Å²) in [4.78, 5) is 4.20. The average Bonchev–Trinajstić information content (AvgIpc) is 2.97. The van der Waals surface area contributed by atoms with Crippen LogP contribution in [0.2, 0.25) is 0 Å². The summed E-state index contributed by atoms with van der Waals surface area (Å²) in [5, 5.41) is 7.65. The largest absolute Gasteiger partial charge is 0.349 e. The Bertz CT molecular complexity index is 348. The molecule has 0 saturated carbocycles. The first kappa shape index (κ1) is 10.2. The number of hydrogen-bond donors (Lipinski definition) is 1. The van der Waals surface area contributed by atoms with Gasteiger partial charge in [-0.3, -0.25) is 0 Å². The van der Waals surface area contributed by atoms with Gasteiger partial charge in [0.2, 0.25) is 0 Å². The molecule has 0 radical (unpaired) electrons. The molecule has 6 nitrogen and oxygen atoms in total. The van der Waals surface area contributed by atoms with E-state index < -0.39 is 0 Å². The Hall–Kier alpha value is -0.980. The third-order valence-corrected chi connectivity index (χ3v) is 3.07. The van der Waals surface area contributed by atoms with E-state index in [1.54, 1.807) is 6.33 Å². The van der Waals surface area contributed by atoms with E-state index >= 15 is 0 Å². The van der Waals surface area contributed by atoms with Gasteiger partial charge in [0, 0.05) is 19.0 Å². The molecule has 0 aromatic carbocycles. The summed E-state index contributed by atoms with van der Waals surface area (Å²) in [5.41, 5.74) is 0. The first-order valence-electron chi connectivity index (χ1n) is 5.75. The minimum Gasteiger partial charge on any atom is -0.349 e. The van der Waals surface area contributed by atoms with Crippen LogP contribution in [-0.4, -0.2) is 46.9 Å². The van der Waals surface area contributed by atoms with Crippen LogP contribution < -0.4 is 5.32 Å². The van der Waals surface area contributed by atoms with E-state index in [1.807, 2.05) is 4.68 Å². The van der Waals surface area contributed by atoms with Gasteiger partial charge in [0.1, 0.15) is 12.2 Å². The lowest BCUT2D eigenvalue weighted by atomic mass is 10.1. The summed E-state index contributed by atoms with van der Waals surface area (Å²) < 4.78 is 12.7. The molecule has 6 heteroatoms. The Morgan fingerprint density at radius 2 is 2.31 bits per heavy atom. The minimum atomic E-state index is -0.0721. The topological polar surface area (TPSA) is 61.2 Å². The Kier molecular flexibility index (Phi) is 2.86. The van der Waals surface area contributed by atoms with E-state index in [9.17, 15) is 0 Å². The van der Waals surface area contributed by atoms with Crippen molar-refractivity contribution in [3.63, 3.8) is 0 Å². The lowest BCUT2D eigenvalue weighted by Crippen LogP contribution is -2.41. The number of fused-ring (bicyclic) bond motifs is 1. The second kappa shape index (κ2) is 4.48. The van der Waals surface area contributed by atoms with E-state index in [4.69, 9.17) is 9.47 Å². The van der Waals surface area contributed by atoms with Crippen molar-refractivity contribution in [1.82, 2.24) is 20.1 Å². The van der Waals surface area contributed by atoms with Crippen molar-refractivity contribution in [1.29, 1.82) is 0 Å². The van der Waals surface area contributed by atoms with Gasteiger partial charge < -0.3 is 14.8 Å². The van der Waals surface area contributed by atoms with Crippen molar-refractivity contribution in [3.05, 3.63) is 12.2 Å². The van der Waals surface area contributed by atoms with Crippen LogP contribution in [0.3, 0.4) is 0 Å². The van der Waals surface area contributed by atoms with Crippen LogP contribution in [0.1, 0.15) is 12.2 Å². The second-order valence-corrected chi connectivity index (χ2v) is 4.17. The molecule has 1 fully saturated rings. The first-order chi connectivity index (χ1) is 7.92. The van der Waals surface area contributed by atoms with Crippen LogP contribution in [-0.2, 0) is 22.4 Å². The quantitative estimate of drug-likeness (QED) is 0.754. The van der Waals surface area contributed by atoms with Gasteiger partial charge in [0.25, 0.3) is 0 Å². The molecule has 1 aromatic rings. The van der Waals surface area contributed by atoms with Gasteiger partial charge in [-0.1, -0.05) is 0 Å². The second-order valence-electron chi connectivity index (χ2n) is 4.17. The smallest absolute Gasteiger partial charge is 0.170 e. The number of nitrogens with zero attached hydrogens (tertiary/aromatic N) is 3. The highest BCUT2D eigenvalue weighted by Crippen LogP contribution is 2.12. The molecule has 3 rings (SSSR count). The van der Waals surface area contributed by atoms with E-state index in [2.05, 4.69) is 15.4 Å². The van der Waals surface area contributed by atoms with E-state index in [1.165, 1.54) is 0 Å². The van der Waals surface area contributed by atoms with Crippen molar-refractivity contribution >= 4 is 0 Å². The Morgan fingerprint density at radius 1 is 1.44 bits per heavy atom. The first-order valence-corrected chi connectivity index (χ1v) is 5.75. The molecule has 0 amide bonds. The highest BCUT2D eigenvalue weighted by molar-refractivity contribution is 4.92. The van der Waals surface area contributed by atoms with Crippen LogP contribution in [0.15, 0.2) is 6.33 Å². The van der Waals surface area contributed by atoms with Crippen molar-refractivity contribution in [2.24, 2.45) is 0 Å². The zero-order valence-electron chi connectivity index (χ0n) is 9.13. The normalized spacial score (nSPS) is 25.9. The molecule has 0 aliphatic carbocycles. The molecule has 1 aromatic heterocycles.